The second kappa shape index (κ2) is 12.0. The lowest BCUT2D eigenvalue weighted by Crippen LogP contribution is -2.28. The van der Waals surface area contributed by atoms with E-state index in [9.17, 15) is 8.42 Å². The van der Waals surface area contributed by atoms with Gasteiger partial charge in [0.15, 0.2) is 0 Å². The van der Waals surface area contributed by atoms with E-state index in [2.05, 4.69) is 4.72 Å². The smallest absolute Gasteiger partial charge is 0.125 e. The molecule has 0 aliphatic heterocycles. The van der Waals surface area contributed by atoms with Gasteiger partial charge in [0.25, 0.3) is 0 Å². The zero-order valence-corrected chi connectivity index (χ0v) is 22.5. The van der Waals surface area contributed by atoms with Gasteiger partial charge < -0.3 is 0 Å². The van der Waals surface area contributed by atoms with Crippen LogP contribution in [0.1, 0.15) is 33.5 Å². The average molecular weight is 520 g/mol. The largest absolute Gasteiger partial charge is 0.249 e. The van der Waals surface area contributed by atoms with Gasteiger partial charge in [-0.15, -0.1) is 0 Å². The number of thioether (sulfide) groups is 1. The van der Waals surface area contributed by atoms with Crippen LogP contribution in [0.15, 0.2) is 118 Å². The summed E-state index contributed by atoms with van der Waals surface area (Å²) >= 11 is 1.66. The summed E-state index contributed by atoms with van der Waals surface area (Å²) in [7, 11) is -2.74. The minimum Gasteiger partial charge on any atom is -0.249 e. The number of aryl methyl sites for hydroxylation is 2. The fraction of sp³-hybridized carbons (Fsp3) is 0.172. The van der Waals surface area contributed by atoms with E-state index < -0.39 is 21.8 Å². The summed E-state index contributed by atoms with van der Waals surface area (Å²) in [4.78, 5) is 2.28. The molecule has 4 aromatic carbocycles. The molecule has 6 heteroatoms. The number of benzene rings is 4. The average Bonchev–Trinajstić information content (AvgIpc) is 2.89. The van der Waals surface area contributed by atoms with Gasteiger partial charge in [0.1, 0.15) is 11.0 Å². The Morgan fingerprint density at radius 2 is 1.23 bits per heavy atom. The molecule has 35 heavy (non-hydrogen) atoms. The molecule has 0 aliphatic rings. The van der Waals surface area contributed by atoms with Crippen LogP contribution in [0.2, 0.25) is 0 Å². The van der Waals surface area contributed by atoms with Gasteiger partial charge in [0, 0.05) is 9.79 Å². The third-order valence-corrected chi connectivity index (χ3v) is 9.52. The van der Waals surface area contributed by atoms with Gasteiger partial charge in [0.2, 0.25) is 0 Å². The first kappa shape index (κ1) is 25.6. The van der Waals surface area contributed by atoms with Gasteiger partial charge in [-0.05, 0) is 61.6 Å². The monoisotopic (exact) mass is 519 g/mol. The zero-order valence-electron chi connectivity index (χ0n) is 20.0. The fourth-order valence-corrected chi connectivity index (χ4v) is 7.31. The molecule has 180 valence electrons. The molecule has 4 atom stereocenters. The van der Waals surface area contributed by atoms with Crippen molar-refractivity contribution in [1.82, 2.24) is 4.72 Å². The molecule has 0 aromatic heterocycles. The van der Waals surface area contributed by atoms with Crippen molar-refractivity contribution < 1.29 is 8.42 Å². The van der Waals surface area contributed by atoms with E-state index in [4.69, 9.17) is 0 Å². The van der Waals surface area contributed by atoms with Gasteiger partial charge >= 0.3 is 0 Å². The summed E-state index contributed by atoms with van der Waals surface area (Å²) in [5, 5.41) is -0.114. The van der Waals surface area contributed by atoms with Crippen molar-refractivity contribution in [3.8, 4) is 0 Å². The van der Waals surface area contributed by atoms with Gasteiger partial charge in [-0.25, -0.2) is 13.1 Å². The molecule has 4 rings (SSSR count). The molecule has 3 nitrogen and oxygen atoms in total. The number of hydrogen-bond donors (Lipinski definition) is 1. The van der Waals surface area contributed by atoms with Crippen molar-refractivity contribution in [2.75, 3.05) is 6.26 Å². The molecular formula is C29H29NO2S3. The molecule has 0 fully saturated rings. The second-order valence-corrected chi connectivity index (χ2v) is 12.0. The lowest BCUT2D eigenvalue weighted by molar-refractivity contribution is 0.612. The highest BCUT2D eigenvalue weighted by atomic mass is 32.2. The highest BCUT2D eigenvalue weighted by molar-refractivity contribution is 7.99. The van der Waals surface area contributed by atoms with Crippen molar-refractivity contribution in [1.29, 1.82) is 0 Å². The van der Waals surface area contributed by atoms with Crippen LogP contribution in [0, 0.1) is 13.8 Å². The third-order valence-electron chi connectivity index (χ3n) is 5.84. The molecule has 0 aliphatic carbocycles. The van der Waals surface area contributed by atoms with E-state index in [-0.39, 0.29) is 11.3 Å². The maximum atomic E-state index is 13.7. The fourth-order valence-electron chi connectivity index (χ4n) is 3.93. The topological polar surface area (TPSA) is 46.2 Å². The maximum Gasteiger partial charge on any atom is 0.125 e. The molecule has 4 aromatic rings. The standard InChI is InChI=1S/C29H29NO2S3/c1-21-13-17-24(18-14-21)34(31)27-12-8-7-11-26(27)29(33-3)28(23-9-5-4-6-10-23)30-35(32)25-19-15-22(2)16-20-25/h4-20,28-30H,1-3H3/t28-,29+,34?,35?/m1/s1. The Morgan fingerprint density at radius 1 is 0.686 bits per heavy atom. The summed E-state index contributed by atoms with van der Waals surface area (Å²) in [6.45, 7) is 4.04. The van der Waals surface area contributed by atoms with E-state index in [1.54, 1.807) is 11.8 Å². The van der Waals surface area contributed by atoms with Gasteiger partial charge in [0.05, 0.1) is 27.0 Å². The van der Waals surface area contributed by atoms with Crippen molar-refractivity contribution in [2.24, 2.45) is 0 Å². The normalized spacial score (nSPS) is 14.7. The van der Waals surface area contributed by atoms with Crippen LogP contribution >= 0.6 is 11.8 Å². The summed E-state index contributed by atoms with van der Waals surface area (Å²) in [5.41, 5.74) is 4.26. The SMILES string of the molecule is CS[C@@H](c1ccccc1S(=O)c1ccc(C)cc1)[C@H](NS(=O)c1ccc(C)cc1)c1ccccc1. The lowest BCUT2D eigenvalue weighted by Gasteiger charge is -2.28. The molecule has 0 radical (unpaired) electrons. The Kier molecular flexibility index (Phi) is 8.74. The first-order chi connectivity index (χ1) is 17.0. The minimum atomic E-state index is -1.41. The quantitative estimate of drug-likeness (QED) is 0.261. The Balaban J connectivity index is 1.74. The lowest BCUT2D eigenvalue weighted by atomic mass is 9.99. The predicted octanol–water partition coefficient (Wildman–Crippen LogP) is 6.93. The molecule has 0 heterocycles. The van der Waals surface area contributed by atoms with Crippen molar-refractivity contribution >= 4 is 33.5 Å². The molecular weight excluding hydrogens is 491 g/mol. The van der Waals surface area contributed by atoms with Crippen LogP contribution < -0.4 is 4.72 Å². The first-order valence-corrected chi connectivity index (χ1v) is 15.0. The van der Waals surface area contributed by atoms with E-state index in [1.807, 2.05) is 123 Å². The number of nitrogens with one attached hydrogen (secondary N) is 1. The minimum absolute atomic E-state index is 0.114. The highest BCUT2D eigenvalue weighted by Gasteiger charge is 2.29. The van der Waals surface area contributed by atoms with E-state index >= 15 is 0 Å². The van der Waals surface area contributed by atoms with E-state index in [0.717, 1.165) is 36.9 Å². The van der Waals surface area contributed by atoms with Crippen LogP contribution in [0.3, 0.4) is 0 Å². The van der Waals surface area contributed by atoms with Crippen molar-refractivity contribution in [2.45, 2.75) is 39.8 Å². The summed E-state index contributed by atoms with van der Waals surface area (Å²) in [5.74, 6) is 0. The maximum absolute atomic E-state index is 13.7. The van der Waals surface area contributed by atoms with Crippen LogP contribution in [0.4, 0.5) is 0 Å². The Hall–Kier alpha value is -2.51. The van der Waals surface area contributed by atoms with Crippen LogP contribution in [-0.4, -0.2) is 14.7 Å². The van der Waals surface area contributed by atoms with Gasteiger partial charge in [-0.2, -0.15) is 11.8 Å². The zero-order chi connectivity index (χ0) is 24.8. The molecule has 0 spiro atoms. The molecule has 1 N–H and O–H groups in total. The second-order valence-electron chi connectivity index (χ2n) is 8.36. The van der Waals surface area contributed by atoms with Crippen LogP contribution in [0.25, 0.3) is 0 Å². The molecule has 2 unspecified atom stereocenters. The van der Waals surface area contributed by atoms with Crippen LogP contribution in [-0.2, 0) is 21.8 Å². The first-order valence-electron chi connectivity index (χ1n) is 11.4. The van der Waals surface area contributed by atoms with Gasteiger partial charge in [-0.1, -0.05) is 83.9 Å². The predicted molar refractivity (Wildman–Crippen MR) is 148 cm³/mol. The number of rotatable bonds is 9. The highest BCUT2D eigenvalue weighted by Crippen LogP contribution is 2.42. The molecule has 0 saturated carbocycles. The summed E-state index contributed by atoms with van der Waals surface area (Å²) in [6, 6.07) is 33.2. The Morgan fingerprint density at radius 3 is 1.83 bits per heavy atom. The van der Waals surface area contributed by atoms with Crippen molar-refractivity contribution in [3.05, 3.63) is 125 Å². The van der Waals surface area contributed by atoms with Gasteiger partial charge in [-0.3, -0.25) is 0 Å². The van der Waals surface area contributed by atoms with Crippen molar-refractivity contribution in [3.63, 3.8) is 0 Å². The summed E-state index contributed by atoms with van der Waals surface area (Å²) < 4.78 is 30.4. The van der Waals surface area contributed by atoms with E-state index in [1.165, 1.54) is 0 Å². The Bertz CT molecular complexity index is 1310. The van der Waals surface area contributed by atoms with E-state index in [0.29, 0.717) is 0 Å². The van der Waals surface area contributed by atoms with Crippen LogP contribution in [0.5, 0.6) is 0 Å². The number of hydrogen-bond acceptors (Lipinski definition) is 3. The third kappa shape index (κ3) is 6.19. The summed E-state index contributed by atoms with van der Waals surface area (Å²) in [6.07, 6.45) is 2.04. The Labute approximate surface area is 217 Å². The molecule has 0 saturated heterocycles. The molecule has 0 bridgehead atoms. The molecule has 0 amide bonds.